The predicted octanol–water partition coefficient (Wildman–Crippen LogP) is 7.05. The molecule has 6 nitrogen and oxygen atoms in total. The third-order valence-electron chi connectivity index (χ3n) is 4.80. The van der Waals surface area contributed by atoms with E-state index in [-0.39, 0.29) is 18.1 Å². The van der Waals surface area contributed by atoms with Crippen molar-refractivity contribution in [2.75, 3.05) is 17.2 Å². The lowest BCUT2D eigenvalue weighted by atomic mass is 10.1. The van der Waals surface area contributed by atoms with E-state index in [0.29, 0.717) is 36.7 Å². The number of rotatable bonds is 7. The minimum atomic E-state index is -0.607. The van der Waals surface area contributed by atoms with Gasteiger partial charge in [0.05, 0.1) is 4.47 Å². The van der Waals surface area contributed by atoms with Gasteiger partial charge < -0.3 is 15.4 Å². The van der Waals surface area contributed by atoms with Crippen molar-refractivity contribution in [2.24, 2.45) is 0 Å². The third-order valence-corrected chi connectivity index (χ3v) is 6.08. The molecular formula is C26H20Br2ClN3O3. The minimum absolute atomic E-state index is 0.153. The highest BCUT2D eigenvalue weighted by Gasteiger charge is 2.16. The van der Waals surface area contributed by atoms with Crippen molar-refractivity contribution in [1.82, 2.24) is 0 Å². The number of hydrogen-bond acceptors (Lipinski definition) is 4. The number of nitrogens with one attached hydrogen (secondary N) is 2. The average molecular weight is 618 g/mol. The summed E-state index contributed by atoms with van der Waals surface area (Å²) in [5.74, 6) is -0.639. The zero-order valence-corrected chi connectivity index (χ0v) is 22.7. The predicted molar refractivity (Wildman–Crippen MR) is 146 cm³/mol. The zero-order valence-electron chi connectivity index (χ0n) is 18.8. The van der Waals surface area contributed by atoms with Crippen LogP contribution in [0.25, 0.3) is 6.08 Å². The highest BCUT2D eigenvalue weighted by atomic mass is 79.9. The van der Waals surface area contributed by atoms with Crippen LogP contribution in [0.5, 0.6) is 5.75 Å². The first kappa shape index (κ1) is 26.5. The van der Waals surface area contributed by atoms with Crippen molar-refractivity contribution in [3.63, 3.8) is 0 Å². The second kappa shape index (κ2) is 12.0. The van der Waals surface area contributed by atoms with Gasteiger partial charge in [-0.05, 0) is 83.4 Å². The van der Waals surface area contributed by atoms with Gasteiger partial charge in [0.15, 0.2) is 6.61 Å². The van der Waals surface area contributed by atoms with E-state index in [9.17, 15) is 14.9 Å². The van der Waals surface area contributed by atoms with E-state index in [0.717, 1.165) is 11.1 Å². The summed E-state index contributed by atoms with van der Waals surface area (Å²) >= 11 is 12.8. The van der Waals surface area contributed by atoms with E-state index < -0.39 is 5.91 Å². The number of amides is 2. The van der Waals surface area contributed by atoms with Crippen LogP contribution in [0.3, 0.4) is 0 Å². The van der Waals surface area contributed by atoms with Gasteiger partial charge in [-0.3, -0.25) is 9.59 Å². The Morgan fingerprint density at radius 1 is 1.09 bits per heavy atom. The van der Waals surface area contributed by atoms with E-state index in [1.807, 2.05) is 38.1 Å². The van der Waals surface area contributed by atoms with Gasteiger partial charge in [0.25, 0.3) is 11.8 Å². The monoisotopic (exact) mass is 615 g/mol. The number of nitriles is 1. The fourth-order valence-corrected chi connectivity index (χ4v) is 4.67. The van der Waals surface area contributed by atoms with Gasteiger partial charge in [0.2, 0.25) is 0 Å². The Morgan fingerprint density at radius 2 is 1.86 bits per heavy atom. The molecule has 0 atom stereocenters. The van der Waals surface area contributed by atoms with Crippen molar-refractivity contribution >= 4 is 72.7 Å². The molecule has 0 spiro atoms. The van der Waals surface area contributed by atoms with E-state index in [1.54, 1.807) is 36.4 Å². The van der Waals surface area contributed by atoms with Crippen LogP contribution < -0.4 is 15.4 Å². The van der Waals surface area contributed by atoms with Crippen LogP contribution in [-0.4, -0.2) is 18.4 Å². The number of nitrogens with zero attached hydrogens (tertiary/aromatic N) is 1. The molecule has 3 rings (SSSR count). The standard InChI is InChI=1S/C26H20Br2ClN3O3/c1-15-6-7-16(2)23(8-15)32-24(33)14-35-25-17(10-19(27)11-22(25)28)9-18(13-30)26(34)31-21-5-3-4-20(29)12-21/h3-12H,14H2,1-2H3,(H,31,34)(H,32,33)/b18-9-. The molecule has 0 unspecified atom stereocenters. The number of ether oxygens (including phenoxy) is 1. The van der Waals surface area contributed by atoms with Gasteiger partial charge in [-0.2, -0.15) is 5.26 Å². The topological polar surface area (TPSA) is 91.2 Å². The summed E-state index contributed by atoms with van der Waals surface area (Å²) < 4.78 is 7.04. The summed E-state index contributed by atoms with van der Waals surface area (Å²) in [7, 11) is 0. The third kappa shape index (κ3) is 7.43. The molecule has 0 saturated heterocycles. The summed E-state index contributed by atoms with van der Waals surface area (Å²) in [5.41, 5.74) is 3.40. The van der Waals surface area contributed by atoms with E-state index >= 15 is 0 Å². The molecule has 0 fully saturated rings. The average Bonchev–Trinajstić information content (AvgIpc) is 2.79. The molecule has 35 heavy (non-hydrogen) atoms. The van der Waals surface area contributed by atoms with Gasteiger partial charge in [0.1, 0.15) is 17.4 Å². The summed E-state index contributed by atoms with van der Waals surface area (Å²) in [6, 6.07) is 17.7. The normalized spacial score (nSPS) is 10.9. The lowest BCUT2D eigenvalue weighted by Crippen LogP contribution is -2.21. The zero-order chi connectivity index (χ0) is 25.5. The molecule has 0 aromatic heterocycles. The minimum Gasteiger partial charge on any atom is -0.482 e. The Hall–Kier alpha value is -3.12. The van der Waals surface area contributed by atoms with Crippen molar-refractivity contribution in [3.05, 3.63) is 90.8 Å². The number of carbonyl (C=O) groups excluding carboxylic acids is 2. The summed E-state index contributed by atoms with van der Waals surface area (Å²) in [6.07, 6.45) is 1.40. The van der Waals surface area contributed by atoms with E-state index in [1.165, 1.54) is 6.08 Å². The van der Waals surface area contributed by atoms with Crippen LogP contribution in [-0.2, 0) is 9.59 Å². The molecular weight excluding hydrogens is 598 g/mol. The van der Waals surface area contributed by atoms with Gasteiger partial charge in [-0.15, -0.1) is 0 Å². The van der Waals surface area contributed by atoms with E-state index in [2.05, 4.69) is 42.5 Å². The van der Waals surface area contributed by atoms with Gasteiger partial charge >= 0.3 is 0 Å². The van der Waals surface area contributed by atoms with Gasteiger partial charge in [-0.1, -0.05) is 45.7 Å². The van der Waals surface area contributed by atoms with Gasteiger partial charge in [-0.25, -0.2) is 0 Å². The Labute approximate surface area is 225 Å². The maximum atomic E-state index is 12.7. The highest BCUT2D eigenvalue weighted by molar-refractivity contribution is 9.11. The van der Waals surface area contributed by atoms with Crippen molar-refractivity contribution in [1.29, 1.82) is 5.26 Å². The Kier molecular flexibility index (Phi) is 9.10. The number of carbonyl (C=O) groups is 2. The lowest BCUT2D eigenvalue weighted by molar-refractivity contribution is -0.118. The molecule has 3 aromatic rings. The van der Waals surface area contributed by atoms with Crippen LogP contribution >= 0.6 is 43.5 Å². The number of anilines is 2. The molecule has 3 aromatic carbocycles. The van der Waals surface area contributed by atoms with E-state index in [4.69, 9.17) is 16.3 Å². The largest absolute Gasteiger partial charge is 0.482 e. The van der Waals surface area contributed by atoms with Crippen LogP contribution in [0.1, 0.15) is 16.7 Å². The number of benzene rings is 3. The molecule has 178 valence electrons. The van der Waals surface area contributed by atoms with Crippen LogP contribution in [0.15, 0.2) is 69.1 Å². The molecule has 0 heterocycles. The SMILES string of the molecule is Cc1ccc(C)c(NC(=O)COc2c(Br)cc(Br)cc2/C=C(/C#N)C(=O)Nc2cccc(Cl)c2)c1. The Balaban J connectivity index is 1.81. The molecule has 0 bridgehead atoms. The van der Waals surface area contributed by atoms with Gasteiger partial charge in [0, 0.05) is 26.4 Å². The molecule has 9 heteroatoms. The number of aryl methyl sites for hydroxylation is 2. The summed E-state index contributed by atoms with van der Waals surface area (Å²) in [4.78, 5) is 25.2. The molecule has 0 radical (unpaired) electrons. The maximum Gasteiger partial charge on any atom is 0.266 e. The van der Waals surface area contributed by atoms with Crippen molar-refractivity contribution in [3.8, 4) is 11.8 Å². The fraction of sp³-hybridized carbons (Fsp3) is 0.115. The summed E-state index contributed by atoms with van der Waals surface area (Å²) in [6.45, 7) is 3.57. The molecule has 2 N–H and O–H groups in total. The number of hydrogen-bond donors (Lipinski definition) is 2. The second-order valence-corrected chi connectivity index (χ2v) is 9.80. The van der Waals surface area contributed by atoms with Crippen LogP contribution in [0, 0.1) is 25.2 Å². The fourth-order valence-electron chi connectivity index (χ4n) is 3.10. The summed E-state index contributed by atoms with van der Waals surface area (Å²) in [5, 5.41) is 15.6. The Morgan fingerprint density at radius 3 is 2.57 bits per heavy atom. The first-order valence-corrected chi connectivity index (χ1v) is 12.3. The number of halogens is 3. The molecule has 0 aliphatic rings. The second-order valence-electron chi connectivity index (χ2n) is 7.60. The lowest BCUT2D eigenvalue weighted by Gasteiger charge is -2.14. The quantitative estimate of drug-likeness (QED) is 0.220. The van der Waals surface area contributed by atoms with Crippen LogP contribution in [0.4, 0.5) is 11.4 Å². The van der Waals surface area contributed by atoms with Crippen molar-refractivity contribution < 1.29 is 14.3 Å². The van der Waals surface area contributed by atoms with Crippen LogP contribution in [0.2, 0.25) is 5.02 Å². The maximum absolute atomic E-state index is 12.7. The van der Waals surface area contributed by atoms with Crippen molar-refractivity contribution in [2.45, 2.75) is 13.8 Å². The first-order valence-electron chi connectivity index (χ1n) is 10.3. The first-order chi connectivity index (χ1) is 16.7. The molecule has 2 amide bonds. The molecule has 0 aliphatic carbocycles. The smallest absolute Gasteiger partial charge is 0.266 e. The molecule has 0 saturated carbocycles. The Bertz CT molecular complexity index is 1370. The molecule has 0 aliphatic heterocycles. The highest BCUT2D eigenvalue weighted by Crippen LogP contribution is 2.34.